The first-order chi connectivity index (χ1) is 8.97. The summed E-state index contributed by atoms with van der Waals surface area (Å²) in [6.45, 7) is 2.13. The summed E-state index contributed by atoms with van der Waals surface area (Å²) in [4.78, 5) is 22.9. The fraction of sp³-hybridized carbons (Fsp3) is 0.333. The lowest BCUT2D eigenvalue weighted by atomic mass is 10.1. The molecule has 0 radical (unpaired) electrons. The SMILES string of the molecule is C[C@H](NC(=O)[C@@H]1CNC(=O)N1)c1ccc(Cl)c(Cl)c1. The molecule has 0 aromatic heterocycles. The highest BCUT2D eigenvalue weighted by Gasteiger charge is 2.27. The fourth-order valence-corrected chi connectivity index (χ4v) is 2.10. The molecule has 1 saturated heterocycles. The van der Waals surface area contributed by atoms with Crippen molar-refractivity contribution in [3.8, 4) is 0 Å². The van der Waals surface area contributed by atoms with E-state index in [2.05, 4.69) is 16.0 Å². The van der Waals surface area contributed by atoms with E-state index >= 15 is 0 Å². The zero-order valence-electron chi connectivity index (χ0n) is 10.2. The van der Waals surface area contributed by atoms with Gasteiger partial charge in [-0.05, 0) is 24.6 Å². The van der Waals surface area contributed by atoms with Gasteiger partial charge in [-0.15, -0.1) is 0 Å². The molecule has 1 fully saturated rings. The van der Waals surface area contributed by atoms with Gasteiger partial charge in [-0.2, -0.15) is 0 Å². The molecule has 1 aliphatic rings. The van der Waals surface area contributed by atoms with Gasteiger partial charge in [0.15, 0.2) is 0 Å². The Balaban J connectivity index is 2.00. The minimum atomic E-state index is -0.544. The van der Waals surface area contributed by atoms with Crippen LogP contribution in [-0.2, 0) is 4.79 Å². The first-order valence-corrected chi connectivity index (χ1v) is 6.52. The molecule has 2 atom stereocenters. The summed E-state index contributed by atoms with van der Waals surface area (Å²) in [5.41, 5.74) is 0.847. The quantitative estimate of drug-likeness (QED) is 0.797. The maximum Gasteiger partial charge on any atom is 0.315 e. The van der Waals surface area contributed by atoms with Crippen molar-refractivity contribution in [2.45, 2.75) is 19.0 Å². The molecule has 1 aromatic carbocycles. The fourth-order valence-electron chi connectivity index (χ4n) is 1.79. The first-order valence-electron chi connectivity index (χ1n) is 5.77. The second-order valence-electron chi connectivity index (χ2n) is 4.31. The van der Waals surface area contributed by atoms with Crippen molar-refractivity contribution >= 4 is 35.1 Å². The summed E-state index contributed by atoms with van der Waals surface area (Å²) in [5, 5.41) is 8.77. The highest BCUT2D eigenvalue weighted by Crippen LogP contribution is 2.25. The minimum absolute atomic E-state index is 0.222. The molecule has 0 aliphatic carbocycles. The first kappa shape index (κ1) is 14.0. The molecule has 3 N–H and O–H groups in total. The topological polar surface area (TPSA) is 70.2 Å². The largest absolute Gasteiger partial charge is 0.348 e. The molecule has 0 unspecified atom stereocenters. The summed E-state index contributed by atoms with van der Waals surface area (Å²) < 4.78 is 0. The van der Waals surface area contributed by atoms with Crippen molar-refractivity contribution in [1.82, 2.24) is 16.0 Å². The van der Waals surface area contributed by atoms with Crippen molar-refractivity contribution in [2.75, 3.05) is 6.54 Å². The van der Waals surface area contributed by atoms with Crippen molar-refractivity contribution in [2.24, 2.45) is 0 Å². The Morgan fingerprint density at radius 1 is 1.42 bits per heavy atom. The number of benzene rings is 1. The monoisotopic (exact) mass is 301 g/mol. The van der Waals surface area contributed by atoms with E-state index in [9.17, 15) is 9.59 Å². The summed E-state index contributed by atoms with van der Waals surface area (Å²) in [6, 6.07) is 4.09. The van der Waals surface area contributed by atoms with Gasteiger partial charge in [0.25, 0.3) is 0 Å². The van der Waals surface area contributed by atoms with Gasteiger partial charge >= 0.3 is 6.03 Å². The van der Waals surface area contributed by atoms with Crippen LogP contribution in [0.15, 0.2) is 18.2 Å². The Hall–Kier alpha value is -1.46. The van der Waals surface area contributed by atoms with Gasteiger partial charge in [0.2, 0.25) is 5.91 Å². The van der Waals surface area contributed by atoms with Crippen molar-refractivity contribution < 1.29 is 9.59 Å². The van der Waals surface area contributed by atoms with Crippen LogP contribution in [0.1, 0.15) is 18.5 Å². The van der Waals surface area contributed by atoms with E-state index in [1.165, 1.54) is 0 Å². The zero-order chi connectivity index (χ0) is 14.0. The van der Waals surface area contributed by atoms with Crippen molar-refractivity contribution in [1.29, 1.82) is 0 Å². The summed E-state index contributed by atoms with van der Waals surface area (Å²) in [7, 11) is 0. The number of hydrogen-bond donors (Lipinski definition) is 3. The Bertz CT molecular complexity index is 522. The van der Waals surface area contributed by atoms with E-state index in [4.69, 9.17) is 23.2 Å². The summed E-state index contributed by atoms with van der Waals surface area (Å²) in [5.74, 6) is -0.239. The Morgan fingerprint density at radius 3 is 2.74 bits per heavy atom. The molecule has 102 valence electrons. The number of halogens is 2. The van der Waals surface area contributed by atoms with Crippen LogP contribution in [0.3, 0.4) is 0 Å². The molecule has 7 heteroatoms. The number of carbonyl (C=O) groups is 2. The lowest BCUT2D eigenvalue weighted by Crippen LogP contribution is -2.43. The predicted molar refractivity (Wildman–Crippen MR) is 73.3 cm³/mol. The third-order valence-corrected chi connectivity index (χ3v) is 3.63. The van der Waals surface area contributed by atoms with E-state index in [1.54, 1.807) is 18.2 Å². The average Bonchev–Trinajstić information content (AvgIpc) is 2.79. The normalized spacial score (nSPS) is 19.5. The third kappa shape index (κ3) is 3.30. The molecule has 3 amide bonds. The number of rotatable bonds is 3. The molecule has 1 aliphatic heterocycles. The van der Waals surface area contributed by atoms with Crippen LogP contribution in [0.4, 0.5) is 4.79 Å². The zero-order valence-corrected chi connectivity index (χ0v) is 11.7. The molecule has 1 aromatic rings. The molecule has 0 bridgehead atoms. The van der Waals surface area contributed by atoms with E-state index in [0.717, 1.165) is 5.56 Å². The second-order valence-corrected chi connectivity index (χ2v) is 5.13. The van der Waals surface area contributed by atoms with E-state index < -0.39 is 6.04 Å². The number of urea groups is 1. The van der Waals surface area contributed by atoms with E-state index in [1.807, 2.05) is 6.92 Å². The smallest absolute Gasteiger partial charge is 0.315 e. The van der Waals surface area contributed by atoms with Crippen LogP contribution >= 0.6 is 23.2 Å². The van der Waals surface area contributed by atoms with E-state index in [0.29, 0.717) is 16.6 Å². The highest BCUT2D eigenvalue weighted by molar-refractivity contribution is 6.42. The number of hydrogen-bond acceptors (Lipinski definition) is 2. The van der Waals surface area contributed by atoms with Gasteiger partial charge in [-0.25, -0.2) is 4.79 Å². The molecule has 5 nitrogen and oxygen atoms in total. The maximum absolute atomic E-state index is 11.9. The summed E-state index contributed by atoms with van der Waals surface area (Å²) >= 11 is 11.8. The Labute approximate surface area is 120 Å². The Kier molecular flexibility index (Phi) is 4.17. The number of nitrogens with one attached hydrogen (secondary N) is 3. The van der Waals surface area contributed by atoms with E-state index in [-0.39, 0.29) is 18.0 Å². The van der Waals surface area contributed by atoms with Crippen molar-refractivity contribution in [3.05, 3.63) is 33.8 Å². The molecule has 0 saturated carbocycles. The standard InChI is InChI=1S/C12H13Cl2N3O2/c1-6(7-2-3-8(13)9(14)4-7)16-11(18)10-5-15-12(19)17-10/h2-4,6,10H,5H2,1H3,(H,16,18)(H2,15,17,19)/t6-,10-/m0/s1. The predicted octanol–water partition coefficient (Wildman–Crippen LogP) is 1.85. The number of carbonyl (C=O) groups excluding carboxylic acids is 2. The highest BCUT2D eigenvalue weighted by atomic mass is 35.5. The molecule has 0 spiro atoms. The lowest BCUT2D eigenvalue weighted by molar-refractivity contribution is -0.123. The molecular weight excluding hydrogens is 289 g/mol. The average molecular weight is 302 g/mol. The summed E-state index contributed by atoms with van der Waals surface area (Å²) in [6.07, 6.45) is 0. The molecule has 19 heavy (non-hydrogen) atoms. The van der Waals surface area contributed by atoms with Gasteiger partial charge in [-0.1, -0.05) is 29.3 Å². The minimum Gasteiger partial charge on any atom is -0.348 e. The van der Waals surface area contributed by atoms with Crippen LogP contribution in [0.2, 0.25) is 10.0 Å². The van der Waals surface area contributed by atoms with Crippen LogP contribution < -0.4 is 16.0 Å². The van der Waals surface area contributed by atoms with Crippen molar-refractivity contribution in [3.63, 3.8) is 0 Å². The van der Waals surface area contributed by atoms with Crippen LogP contribution in [-0.4, -0.2) is 24.5 Å². The Morgan fingerprint density at radius 2 is 2.16 bits per heavy atom. The third-order valence-electron chi connectivity index (χ3n) is 2.89. The van der Waals surface area contributed by atoms with Gasteiger partial charge in [0.05, 0.1) is 16.1 Å². The van der Waals surface area contributed by atoms with Gasteiger partial charge < -0.3 is 16.0 Å². The van der Waals surface area contributed by atoms with Crippen LogP contribution in [0.25, 0.3) is 0 Å². The second kappa shape index (κ2) is 5.67. The van der Waals surface area contributed by atoms with Gasteiger partial charge in [0.1, 0.15) is 6.04 Å². The number of amides is 3. The van der Waals surface area contributed by atoms with Gasteiger partial charge in [-0.3, -0.25) is 4.79 Å². The van der Waals surface area contributed by atoms with Crippen LogP contribution in [0, 0.1) is 0 Å². The maximum atomic E-state index is 11.9. The van der Waals surface area contributed by atoms with Gasteiger partial charge in [0, 0.05) is 6.54 Å². The molecular formula is C12H13Cl2N3O2. The molecule has 2 rings (SSSR count). The molecule has 1 heterocycles. The lowest BCUT2D eigenvalue weighted by Gasteiger charge is -2.17. The van der Waals surface area contributed by atoms with Crippen LogP contribution in [0.5, 0.6) is 0 Å².